The molecule has 0 spiro atoms. The van der Waals surface area contributed by atoms with Crippen molar-refractivity contribution in [3.05, 3.63) is 42.0 Å². The predicted octanol–water partition coefficient (Wildman–Crippen LogP) is 2.74. The third kappa shape index (κ3) is 4.36. The molecule has 1 aliphatic heterocycles. The third-order valence-electron chi connectivity index (χ3n) is 4.49. The number of rotatable bonds is 7. The Bertz CT molecular complexity index is 782. The summed E-state index contributed by atoms with van der Waals surface area (Å²) in [6.45, 7) is 9.57. The molecule has 1 amide bonds. The van der Waals surface area contributed by atoms with Gasteiger partial charge >= 0.3 is 0 Å². The van der Waals surface area contributed by atoms with Crippen molar-refractivity contribution in [2.24, 2.45) is 5.92 Å². The summed E-state index contributed by atoms with van der Waals surface area (Å²) in [5, 5.41) is 2.93. The Morgan fingerprint density at radius 1 is 1.46 bits per heavy atom. The Morgan fingerprint density at radius 2 is 2.27 bits per heavy atom. The normalized spacial score (nSPS) is 15.8. The number of nitrogens with one attached hydrogen (secondary N) is 1. The zero-order valence-corrected chi connectivity index (χ0v) is 15.9. The molecule has 0 saturated carbocycles. The maximum absolute atomic E-state index is 12.1. The Labute approximate surface area is 154 Å². The minimum atomic E-state index is -0.231. The van der Waals surface area contributed by atoms with Gasteiger partial charge in [0, 0.05) is 37.5 Å². The van der Waals surface area contributed by atoms with Gasteiger partial charge < -0.3 is 19.4 Å². The number of benzene rings is 1. The molecule has 6 nitrogen and oxygen atoms in total. The predicted molar refractivity (Wildman–Crippen MR) is 99.5 cm³/mol. The van der Waals surface area contributed by atoms with Gasteiger partial charge in [-0.2, -0.15) is 0 Å². The first-order valence-corrected chi connectivity index (χ1v) is 9.02. The maximum atomic E-state index is 12.1. The molecular weight excluding hydrogens is 330 g/mol. The maximum Gasteiger partial charge on any atom is 0.257 e. The van der Waals surface area contributed by atoms with Gasteiger partial charge in [0.15, 0.2) is 18.1 Å². The van der Waals surface area contributed by atoms with E-state index in [0.717, 1.165) is 30.1 Å². The van der Waals surface area contributed by atoms with Gasteiger partial charge in [0.2, 0.25) is 0 Å². The molecule has 2 heterocycles. The van der Waals surface area contributed by atoms with E-state index >= 15 is 0 Å². The molecule has 6 heteroatoms. The number of imidazole rings is 1. The summed E-state index contributed by atoms with van der Waals surface area (Å²) in [5.41, 5.74) is 0.891. The lowest BCUT2D eigenvalue weighted by Gasteiger charge is -2.18. The third-order valence-corrected chi connectivity index (χ3v) is 4.49. The lowest BCUT2D eigenvalue weighted by molar-refractivity contribution is -0.123. The van der Waals surface area contributed by atoms with E-state index in [1.54, 1.807) is 6.20 Å². The molecule has 1 unspecified atom stereocenters. The fourth-order valence-corrected chi connectivity index (χ4v) is 3.18. The molecule has 0 fully saturated rings. The van der Waals surface area contributed by atoms with Crippen LogP contribution in [0.4, 0.5) is 0 Å². The molecule has 0 aliphatic carbocycles. The summed E-state index contributed by atoms with van der Waals surface area (Å²) in [7, 11) is 0. The van der Waals surface area contributed by atoms with E-state index in [4.69, 9.17) is 9.47 Å². The fourth-order valence-electron chi connectivity index (χ4n) is 3.18. The summed E-state index contributed by atoms with van der Waals surface area (Å²) >= 11 is 0. The van der Waals surface area contributed by atoms with Gasteiger partial charge in [-0.05, 0) is 32.8 Å². The number of hydrogen-bond donors (Lipinski definition) is 1. The standard InChI is InChI=1S/C20H27N3O3/c1-14(12-23-9-8-21-15(23)2)11-22-18(24)13-25-17-7-5-6-16-10-20(3,4)26-19(16)17/h5-9,14H,10-13H2,1-4H3,(H,22,24). The van der Waals surface area contributed by atoms with Crippen LogP contribution in [0.3, 0.4) is 0 Å². The zero-order valence-electron chi connectivity index (χ0n) is 15.9. The summed E-state index contributed by atoms with van der Waals surface area (Å²) in [6, 6.07) is 5.82. The summed E-state index contributed by atoms with van der Waals surface area (Å²) < 4.78 is 13.8. The van der Waals surface area contributed by atoms with Crippen LogP contribution >= 0.6 is 0 Å². The molecule has 2 aromatic rings. The van der Waals surface area contributed by atoms with Crippen LogP contribution < -0.4 is 14.8 Å². The minimum Gasteiger partial charge on any atom is -0.483 e. The highest BCUT2D eigenvalue weighted by Gasteiger charge is 2.32. The fraction of sp³-hybridized carbons (Fsp3) is 0.500. The van der Waals surface area contributed by atoms with Gasteiger partial charge in [0.1, 0.15) is 11.4 Å². The first-order chi connectivity index (χ1) is 12.3. The second-order valence-corrected chi connectivity index (χ2v) is 7.61. The van der Waals surface area contributed by atoms with Gasteiger partial charge in [-0.3, -0.25) is 4.79 Å². The molecule has 0 bridgehead atoms. The van der Waals surface area contributed by atoms with Gasteiger partial charge in [-0.1, -0.05) is 19.1 Å². The van der Waals surface area contributed by atoms with Crippen molar-refractivity contribution in [3.63, 3.8) is 0 Å². The molecule has 1 N–H and O–H groups in total. The Balaban J connectivity index is 1.47. The number of para-hydroxylation sites is 1. The summed E-state index contributed by atoms with van der Waals surface area (Å²) in [5.74, 6) is 2.54. The highest BCUT2D eigenvalue weighted by molar-refractivity contribution is 5.77. The number of carbonyl (C=O) groups is 1. The van der Waals surface area contributed by atoms with Crippen LogP contribution in [0.15, 0.2) is 30.6 Å². The van der Waals surface area contributed by atoms with E-state index in [2.05, 4.69) is 21.8 Å². The lowest BCUT2D eigenvalue weighted by atomic mass is 10.0. The Hall–Kier alpha value is -2.50. The molecule has 0 saturated heterocycles. The highest BCUT2D eigenvalue weighted by Crippen LogP contribution is 2.41. The summed E-state index contributed by atoms with van der Waals surface area (Å²) in [6.07, 6.45) is 4.58. The van der Waals surface area contributed by atoms with E-state index in [9.17, 15) is 4.79 Å². The molecule has 3 rings (SSSR count). The Morgan fingerprint density at radius 3 is 3.00 bits per heavy atom. The van der Waals surface area contributed by atoms with Crippen molar-refractivity contribution >= 4 is 5.91 Å². The van der Waals surface area contributed by atoms with E-state index in [1.165, 1.54) is 0 Å². The van der Waals surface area contributed by atoms with Crippen molar-refractivity contribution in [1.82, 2.24) is 14.9 Å². The molecule has 140 valence electrons. The van der Waals surface area contributed by atoms with E-state index in [0.29, 0.717) is 18.2 Å². The second kappa shape index (κ2) is 7.40. The molecule has 1 aromatic carbocycles. The van der Waals surface area contributed by atoms with Crippen LogP contribution in [-0.4, -0.2) is 34.2 Å². The van der Waals surface area contributed by atoms with E-state index in [1.807, 2.05) is 45.2 Å². The highest BCUT2D eigenvalue weighted by atomic mass is 16.5. The monoisotopic (exact) mass is 357 g/mol. The smallest absolute Gasteiger partial charge is 0.257 e. The van der Waals surface area contributed by atoms with Crippen molar-refractivity contribution < 1.29 is 14.3 Å². The molecule has 1 aliphatic rings. The van der Waals surface area contributed by atoms with Gasteiger partial charge in [-0.25, -0.2) is 4.98 Å². The van der Waals surface area contributed by atoms with Crippen molar-refractivity contribution in [2.45, 2.75) is 46.3 Å². The van der Waals surface area contributed by atoms with Crippen molar-refractivity contribution in [1.29, 1.82) is 0 Å². The number of ether oxygens (including phenoxy) is 2. The number of fused-ring (bicyclic) bond motifs is 1. The van der Waals surface area contributed by atoms with E-state index < -0.39 is 0 Å². The molecular formula is C20H27N3O3. The average Bonchev–Trinajstić information content (AvgIpc) is 3.12. The molecule has 1 atom stereocenters. The number of carbonyl (C=O) groups excluding carboxylic acids is 1. The zero-order chi connectivity index (χ0) is 18.7. The van der Waals surface area contributed by atoms with Crippen molar-refractivity contribution in [2.75, 3.05) is 13.2 Å². The number of nitrogens with zero attached hydrogens (tertiary/aromatic N) is 2. The number of aromatic nitrogens is 2. The first kappa shape index (κ1) is 18.3. The van der Waals surface area contributed by atoms with E-state index in [-0.39, 0.29) is 18.1 Å². The van der Waals surface area contributed by atoms with Gasteiger partial charge in [0.05, 0.1) is 0 Å². The molecule has 1 aromatic heterocycles. The van der Waals surface area contributed by atoms with Crippen LogP contribution in [0.5, 0.6) is 11.5 Å². The van der Waals surface area contributed by atoms with Crippen LogP contribution in [0.25, 0.3) is 0 Å². The van der Waals surface area contributed by atoms with Crippen LogP contribution in [0, 0.1) is 12.8 Å². The molecule has 26 heavy (non-hydrogen) atoms. The van der Waals surface area contributed by atoms with Crippen LogP contribution in [0.1, 0.15) is 32.2 Å². The lowest BCUT2D eigenvalue weighted by Crippen LogP contribution is -2.33. The topological polar surface area (TPSA) is 65.4 Å². The minimum absolute atomic E-state index is 0.0168. The van der Waals surface area contributed by atoms with Crippen LogP contribution in [-0.2, 0) is 17.8 Å². The number of aryl methyl sites for hydroxylation is 1. The van der Waals surface area contributed by atoms with Crippen LogP contribution in [0.2, 0.25) is 0 Å². The second-order valence-electron chi connectivity index (χ2n) is 7.61. The van der Waals surface area contributed by atoms with Gasteiger partial charge in [-0.15, -0.1) is 0 Å². The number of amides is 1. The quantitative estimate of drug-likeness (QED) is 0.827. The first-order valence-electron chi connectivity index (χ1n) is 9.02. The molecule has 0 radical (unpaired) electrons. The number of hydrogen-bond acceptors (Lipinski definition) is 4. The van der Waals surface area contributed by atoms with Gasteiger partial charge in [0.25, 0.3) is 5.91 Å². The summed E-state index contributed by atoms with van der Waals surface area (Å²) in [4.78, 5) is 16.3. The Kier molecular flexibility index (Phi) is 5.20. The SMILES string of the molecule is Cc1nccn1CC(C)CNC(=O)COc1cccc2c1OC(C)(C)C2. The largest absolute Gasteiger partial charge is 0.483 e. The average molecular weight is 357 g/mol. The van der Waals surface area contributed by atoms with Crippen molar-refractivity contribution in [3.8, 4) is 11.5 Å².